The molecular formula is C12H18B2N2O5S. The maximum absolute atomic E-state index is 10.3. The summed E-state index contributed by atoms with van der Waals surface area (Å²) in [5.74, 6) is 0. The Morgan fingerprint density at radius 2 is 1.50 bits per heavy atom. The minimum Gasteiger partial charge on any atom is -0.423 e. The molecule has 0 saturated carbocycles. The molecule has 2 aromatic rings. The van der Waals surface area contributed by atoms with Crippen molar-refractivity contribution in [2.75, 3.05) is 0 Å². The van der Waals surface area contributed by atoms with Gasteiger partial charge in [-0.1, -0.05) is 12.1 Å². The first-order chi connectivity index (χ1) is 10.0. The lowest BCUT2D eigenvalue weighted by molar-refractivity contribution is -0.0982. The Morgan fingerprint density at radius 1 is 1.00 bits per heavy atom. The van der Waals surface area contributed by atoms with Crippen LogP contribution in [0, 0.1) is 0 Å². The Labute approximate surface area is 133 Å². The predicted octanol–water partition coefficient (Wildman–Crippen LogP) is -1.38. The third-order valence-electron chi connectivity index (χ3n) is 3.90. The summed E-state index contributed by atoms with van der Waals surface area (Å²) in [5.41, 5.74) is -0.978. The van der Waals surface area contributed by atoms with E-state index in [-0.39, 0.29) is 5.46 Å². The fraction of sp³-hybridized carbons (Fsp3) is 0.500. The van der Waals surface area contributed by atoms with Crippen molar-refractivity contribution in [2.24, 2.45) is 0 Å². The summed E-state index contributed by atoms with van der Waals surface area (Å²) >= 11 is 0.901. The molecule has 10 heteroatoms. The second kappa shape index (κ2) is 5.88. The maximum atomic E-state index is 10.3. The Balaban J connectivity index is 2.40. The standard InChI is InChI=1S/C12H18B2N2O5S/c1-11(2,17)12(3,4)21-14(20)8-6-5-7(13(18)19)9-10(8)16-22-15-9/h5-6,17-20H,1-4H3. The summed E-state index contributed by atoms with van der Waals surface area (Å²) in [7, 11) is -3.01. The van der Waals surface area contributed by atoms with E-state index in [1.807, 2.05) is 0 Å². The lowest BCUT2D eigenvalue weighted by Gasteiger charge is -2.38. The molecule has 0 amide bonds. The van der Waals surface area contributed by atoms with Gasteiger partial charge in [-0.3, -0.25) is 0 Å². The first-order valence-electron chi connectivity index (χ1n) is 6.74. The van der Waals surface area contributed by atoms with Crippen LogP contribution in [0.2, 0.25) is 0 Å². The van der Waals surface area contributed by atoms with Gasteiger partial charge in [0, 0.05) is 10.9 Å². The zero-order chi connectivity index (χ0) is 16.7. The number of hydrogen-bond donors (Lipinski definition) is 4. The summed E-state index contributed by atoms with van der Waals surface area (Å²) in [6.07, 6.45) is 0. The van der Waals surface area contributed by atoms with Gasteiger partial charge in [-0.05, 0) is 27.7 Å². The molecule has 4 N–H and O–H groups in total. The topological polar surface area (TPSA) is 116 Å². The van der Waals surface area contributed by atoms with Gasteiger partial charge in [0.1, 0.15) is 11.0 Å². The van der Waals surface area contributed by atoms with E-state index in [9.17, 15) is 20.2 Å². The molecule has 22 heavy (non-hydrogen) atoms. The van der Waals surface area contributed by atoms with E-state index in [0.29, 0.717) is 16.5 Å². The molecule has 1 aromatic heterocycles. The third kappa shape index (κ3) is 3.17. The van der Waals surface area contributed by atoms with Crippen LogP contribution in [-0.2, 0) is 4.65 Å². The molecule has 1 aromatic carbocycles. The summed E-state index contributed by atoms with van der Waals surface area (Å²) in [4.78, 5) is 0. The maximum Gasteiger partial charge on any atom is 0.493 e. The van der Waals surface area contributed by atoms with Gasteiger partial charge in [0.05, 0.1) is 22.9 Å². The molecule has 0 aliphatic rings. The van der Waals surface area contributed by atoms with E-state index in [1.165, 1.54) is 12.1 Å². The summed E-state index contributed by atoms with van der Waals surface area (Å²) in [5, 5.41) is 39.1. The first-order valence-corrected chi connectivity index (χ1v) is 7.47. The third-order valence-corrected chi connectivity index (χ3v) is 4.43. The molecule has 7 nitrogen and oxygen atoms in total. The van der Waals surface area contributed by atoms with Crippen LogP contribution in [0.25, 0.3) is 11.0 Å². The second-order valence-corrected chi connectivity index (χ2v) is 6.65. The average molecular weight is 324 g/mol. The highest BCUT2D eigenvalue weighted by molar-refractivity contribution is 7.00. The summed E-state index contributed by atoms with van der Waals surface area (Å²) in [6.45, 7) is 6.51. The number of fused-ring (bicyclic) bond motifs is 1. The van der Waals surface area contributed by atoms with Crippen LogP contribution < -0.4 is 10.9 Å². The van der Waals surface area contributed by atoms with Crippen molar-refractivity contribution in [3.63, 3.8) is 0 Å². The van der Waals surface area contributed by atoms with Crippen molar-refractivity contribution < 1.29 is 24.8 Å². The van der Waals surface area contributed by atoms with Crippen LogP contribution in [0.1, 0.15) is 27.7 Å². The predicted molar refractivity (Wildman–Crippen MR) is 86.3 cm³/mol. The highest BCUT2D eigenvalue weighted by Crippen LogP contribution is 2.25. The Hall–Kier alpha value is -1.03. The molecular weight excluding hydrogens is 306 g/mol. The van der Waals surface area contributed by atoms with Gasteiger partial charge in [0.15, 0.2) is 0 Å². The van der Waals surface area contributed by atoms with Crippen LogP contribution in [-0.4, -0.2) is 54.4 Å². The van der Waals surface area contributed by atoms with Gasteiger partial charge in [0.25, 0.3) is 0 Å². The van der Waals surface area contributed by atoms with Crippen molar-refractivity contribution >= 4 is 47.9 Å². The van der Waals surface area contributed by atoms with Gasteiger partial charge in [-0.2, -0.15) is 8.75 Å². The average Bonchev–Trinajstić information content (AvgIpc) is 2.83. The zero-order valence-electron chi connectivity index (χ0n) is 12.8. The number of nitrogens with zero attached hydrogens (tertiary/aromatic N) is 2. The Bertz CT molecular complexity index is 671. The van der Waals surface area contributed by atoms with Gasteiger partial charge in [0.2, 0.25) is 0 Å². The van der Waals surface area contributed by atoms with E-state index in [0.717, 1.165) is 11.7 Å². The van der Waals surface area contributed by atoms with Crippen LogP contribution in [0.15, 0.2) is 12.1 Å². The van der Waals surface area contributed by atoms with E-state index < -0.39 is 25.4 Å². The monoisotopic (exact) mass is 324 g/mol. The Morgan fingerprint density at radius 3 is 2.00 bits per heavy atom. The van der Waals surface area contributed by atoms with E-state index in [4.69, 9.17) is 4.65 Å². The fourth-order valence-electron chi connectivity index (χ4n) is 1.80. The quantitative estimate of drug-likeness (QED) is 0.501. The van der Waals surface area contributed by atoms with E-state index in [1.54, 1.807) is 27.7 Å². The number of aromatic nitrogens is 2. The van der Waals surface area contributed by atoms with Gasteiger partial charge in [-0.15, -0.1) is 0 Å². The number of rotatable bonds is 5. The second-order valence-electron chi connectivity index (χ2n) is 6.12. The van der Waals surface area contributed by atoms with Crippen LogP contribution >= 0.6 is 11.7 Å². The molecule has 118 valence electrons. The molecule has 1 heterocycles. The molecule has 0 unspecified atom stereocenters. The van der Waals surface area contributed by atoms with Crippen molar-refractivity contribution in [1.82, 2.24) is 8.75 Å². The summed E-state index contributed by atoms with van der Waals surface area (Å²) in [6, 6.07) is 2.96. The SMILES string of the molecule is CC(C)(O)C(C)(C)OB(O)c1ccc(B(O)O)c2nsnc12. The van der Waals surface area contributed by atoms with Crippen LogP contribution in [0.3, 0.4) is 0 Å². The molecule has 0 fully saturated rings. The molecule has 0 bridgehead atoms. The number of aliphatic hydroxyl groups is 1. The molecule has 0 atom stereocenters. The van der Waals surface area contributed by atoms with Crippen molar-refractivity contribution in [2.45, 2.75) is 38.9 Å². The largest absolute Gasteiger partial charge is 0.493 e. The van der Waals surface area contributed by atoms with Crippen LogP contribution in [0.5, 0.6) is 0 Å². The number of hydrogen-bond acceptors (Lipinski definition) is 8. The zero-order valence-corrected chi connectivity index (χ0v) is 13.6. The molecule has 0 aliphatic carbocycles. The Kier molecular flexibility index (Phi) is 4.63. The number of benzene rings is 1. The normalized spacial score (nSPS) is 12.7. The minimum absolute atomic E-state index is 0.210. The highest BCUT2D eigenvalue weighted by Gasteiger charge is 2.40. The van der Waals surface area contributed by atoms with E-state index >= 15 is 0 Å². The van der Waals surface area contributed by atoms with Gasteiger partial charge < -0.3 is 24.8 Å². The minimum atomic E-state index is -1.67. The van der Waals surface area contributed by atoms with E-state index in [2.05, 4.69) is 8.75 Å². The lowest BCUT2D eigenvalue weighted by Crippen LogP contribution is -2.53. The molecule has 2 rings (SSSR count). The van der Waals surface area contributed by atoms with Gasteiger partial charge in [-0.25, -0.2) is 0 Å². The molecule has 0 radical (unpaired) electrons. The first kappa shape index (κ1) is 17.3. The lowest BCUT2D eigenvalue weighted by atomic mass is 9.72. The summed E-state index contributed by atoms with van der Waals surface area (Å²) < 4.78 is 13.7. The fourth-order valence-corrected chi connectivity index (χ4v) is 2.39. The molecule has 0 aliphatic heterocycles. The smallest absolute Gasteiger partial charge is 0.423 e. The highest BCUT2D eigenvalue weighted by atomic mass is 32.1. The van der Waals surface area contributed by atoms with Crippen molar-refractivity contribution in [3.05, 3.63) is 12.1 Å². The van der Waals surface area contributed by atoms with Crippen LogP contribution in [0.4, 0.5) is 0 Å². The molecule has 0 spiro atoms. The van der Waals surface area contributed by atoms with Crippen molar-refractivity contribution in [1.29, 1.82) is 0 Å². The van der Waals surface area contributed by atoms with Crippen molar-refractivity contribution in [3.8, 4) is 0 Å². The molecule has 0 saturated heterocycles. The van der Waals surface area contributed by atoms with Gasteiger partial charge >= 0.3 is 14.2 Å².